The third kappa shape index (κ3) is 15.7. The first-order chi connectivity index (χ1) is 22.2. The van der Waals surface area contributed by atoms with Crippen LogP contribution in [0.3, 0.4) is 0 Å². The normalized spacial score (nSPS) is 11.0. The first-order valence-electron chi connectivity index (χ1n) is 15.0. The zero-order valence-electron chi connectivity index (χ0n) is 27.7. The Balaban J connectivity index is 0.000000612. The second-order valence-electron chi connectivity index (χ2n) is 11.5. The number of rotatable bonds is 2. The van der Waals surface area contributed by atoms with Crippen LogP contribution in [-0.2, 0) is 54.8 Å². The van der Waals surface area contributed by atoms with E-state index >= 15 is 0 Å². The summed E-state index contributed by atoms with van der Waals surface area (Å²) in [7, 11) is 0. The van der Waals surface area contributed by atoms with Crippen LogP contribution in [0.15, 0.2) is 109 Å². The van der Waals surface area contributed by atoms with E-state index in [-0.39, 0.29) is 24.8 Å². The summed E-state index contributed by atoms with van der Waals surface area (Å²) in [5.74, 6) is 0. The Morgan fingerprint density at radius 3 is 1.65 bits per heavy atom. The van der Waals surface area contributed by atoms with Crippen molar-refractivity contribution >= 4 is 4.21 Å². The monoisotopic (exact) mass is 792 g/mol. The molecule has 0 aliphatic heterocycles. The van der Waals surface area contributed by atoms with E-state index in [1.165, 1.54) is 94.7 Å². The van der Waals surface area contributed by atoms with Gasteiger partial charge in [0, 0.05) is 0 Å². The van der Waals surface area contributed by atoms with Crippen LogP contribution >= 0.6 is 0 Å². The van der Waals surface area contributed by atoms with Gasteiger partial charge in [-0.25, -0.2) is 6.07 Å². The number of fused-ring (bicyclic) bond motifs is 3. The first kappa shape index (κ1) is 46.1. The van der Waals surface area contributed by atoms with Crippen molar-refractivity contribution in [3.05, 3.63) is 161 Å². The van der Waals surface area contributed by atoms with Crippen molar-refractivity contribution in [3.63, 3.8) is 0 Å². The quantitative estimate of drug-likeness (QED) is 0.156. The Morgan fingerprint density at radius 1 is 0.714 bits per heavy atom. The molecule has 5 aromatic rings. The molecule has 0 heterocycles. The molecule has 0 nitrogen and oxygen atoms in total. The van der Waals surface area contributed by atoms with Crippen molar-refractivity contribution in [1.82, 2.24) is 0 Å². The second kappa shape index (κ2) is 22.1. The molecule has 6 rings (SSSR count). The Bertz CT molecular complexity index is 1510. The van der Waals surface area contributed by atoms with E-state index in [2.05, 4.69) is 105 Å². The predicted octanol–water partition coefficient (Wildman–Crippen LogP) is 5.70. The summed E-state index contributed by atoms with van der Waals surface area (Å²) < 4.78 is 73.9. The maximum absolute atomic E-state index is 11.8. The Morgan fingerprint density at radius 2 is 1.22 bits per heavy atom. The van der Waals surface area contributed by atoms with Crippen LogP contribution in [0.1, 0.15) is 67.5 Å². The molecule has 1 aliphatic carbocycles. The summed E-state index contributed by atoms with van der Waals surface area (Å²) in [4.78, 5) is 0. The van der Waals surface area contributed by atoms with Gasteiger partial charge in [-0.3, -0.25) is 0 Å². The molecule has 5 aromatic carbocycles. The number of hydrogen-bond donors (Lipinski definition) is 0. The Labute approximate surface area is 314 Å². The van der Waals surface area contributed by atoms with Gasteiger partial charge in [0.05, 0.1) is 0 Å². The van der Waals surface area contributed by atoms with Crippen LogP contribution in [0.4, 0.5) is 26.3 Å². The van der Waals surface area contributed by atoms with Gasteiger partial charge < -0.3 is 24.8 Å². The van der Waals surface area contributed by atoms with Crippen LogP contribution in [0.25, 0.3) is 11.1 Å². The van der Waals surface area contributed by atoms with E-state index in [1.807, 2.05) is 6.07 Å². The molecule has 1 aliphatic rings. The summed E-state index contributed by atoms with van der Waals surface area (Å²) in [5.41, 5.74) is 7.46. The van der Waals surface area contributed by atoms with Crippen LogP contribution in [0.2, 0.25) is 0 Å². The van der Waals surface area contributed by atoms with Crippen LogP contribution in [0.5, 0.6) is 0 Å². The average Bonchev–Trinajstić information content (AvgIpc) is 3.69. The predicted molar refractivity (Wildman–Crippen MR) is 176 cm³/mol. The van der Waals surface area contributed by atoms with E-state index in [1.54, 1.807) is 0 Å². The third-order valence-corrected chi connectivity index (χ3v) is 6.91. The van der Waals surface area contributed by atoms with Crippen LogP contribution in [-0.4, -0.2) is 4.21 Å². The van der Waals surface area contributed by atoms with Crippen molar-refractivity contribution in [1.29, 1.82) is 0 Å². The van der Waals surface area contributed by atoms with Gasteiger partial charge in [0.25, 0.3) is 0 Å². The molecular weight excluding hydrogens is 757 g/mol. The molecule has 0 unspecified atom stereocenters. The van der Waals surface area contributed by atoms with Gasteiger partial charge in [0.1, 0.15) is 0 Å². The fourth-order valence-electron chi connectivity index (χ4n) is 4.54. The Kier molecular flexibility index (Phi) is 20.8. The SMILES string of the molecule is CCCc1cc(C(C)(C)C)c[cH-]1.FC(F)(F)c1c[c-]ccc1.FC(F)(F)c1c[c-]ccc1.[CH2]=[Zr].[Cl-].[Cl-].[c-]1cccc2c1Cc1ccccc1-2. The molecule has 0 bridgehead atoms. The summed E-state index contributed by atoms with van der Waals surface area (Å²) >= 11 is 1.30. The summed E-state index contributed by atoms with van der Waals surface area (Å²) in [6.45, 7) is 9.01. The number of aryl methyl sites for hydroxylation is 1. The molecule has 0 atom stereocenters. The van der Waals surface area contributed by atoms with E-state index in [9.17, 15) is 26.3 Å². The molecule has 0 spiro atoms. The van der Waals surface area contributed by atoms with Crippen molar-refractivity contribution in [3.8, 4) is 11.1 Å². The molecule has 0 saturated carbocycles. The van der Waals surface area contributed by atoms with Crippen LogP contribution in [0, 0.1) is 18.2 Å². The number of benzene rings is 4. The maximum Gasteiger partial charge on any atom is -0.0253 e. The topological polar surface area (TPSA) is 0 Å². The number of halogens is 8. The van der Waals surface area contributed by atoms with E-state index in [0.717, 1.165) is 30.7 Å². The molecule has 0 fully saturated rings. The minimum absolute atomic E-state index is 0. The fraction of sp³-hybridized carbons (Fsp3) is 0.250. The van der Waals surface area contributed by atoms with Gasteiger partial charge in [-0.15, -0.1) is 5.56 Å². The molecule has 0 aromatic heterocycles. The standard InChI is InChI=1S/C13H9.C12H19.2C7H4F3.CH2.2ClH.Zr/c1-3-7-12-10(5-1)9-11-6-2-4-8-13(11)12;1-5-6-10-7-8-11(9-10)12(2,3)4;2*8-7(9,10)6-4-2-1-3-5-6;;;;/h1-5,7-8H,9H2;7-9H,5-6H2,1-4H3;2*1-2,4-5H;1H2;2*1H;/q4*-1;;;;/p-2. The summed E-state index contributed by atoms with van der Waals surface area (Å²) in [6, 6.07) is 39.0. The largest absolute Gasteiger partial charge is 1.00 e. The van der Waals surface area contributed by atoms with Crippen LogP contribution < -0.4 is 24.8 Å². The van der Waals surface area contributed by atoms with Crippen molar-refractivity contribution in [2.24, 2.45) is 0 Å². The molecule has 264 valence electrons. The van der Waals surface area contributed by atoms with Crippen molar-refractivity contribution in [2.45, 2.75) is 64.7 Å². The van der Waals surface area contributed by atoms with Gasteiger partial charge in [-0.05, 0) is 6.42 Å². The fourth-order valence-corrected chi connectivity index (χ4v) is 4.54. The molecule has 0 radical (unpaired) electrons. The minimum atomic E-state index is -4.24. The van der Waals surface area contributed by atoms with Gasteiger partial charge in [-0.1, -0.05) is 92.5 Å². The van der Waals surface area contributed by atoms with Gasteiger partial charge in [-0.2, -0.15) is 140 Å². The molecule has 49 heavy (non-hydrogen) atoms. The summed E-state index contributed by atoms with van der Waals surface area (Å²) in [5, 5.41) is 0. The molecular formula is C40H38Cl2F6Zr-6. The number of hydrogen-bond acceptors (Lipinski definition) is 0. The summed E-state index contributed by atoms with van der Waals surface area (Å²) in [6.07, 6.45) is -4.97. The van der Waals surface area contributed by atoms with E-state index in [4.69, 9.17) is 0 Å². The van der Waals surface area contributed by atoms with Gasteiger partial charge >= 0.3 is 40.8 Å². The maximum atomic E-state index is 11.8. The molecule has 0 N–H and O–H groups in total. The minimum Gasteiger partial charge on any atom is -1.00 e. The molecule has 0 saturated heterocycles. The molecule has 9 heteroatoms. The van der Waals surface area contributed by atoms with Gasteiger partial charge in [0.15, 0.2) is 0 Å². The van der Waals surface area contributed by atoms with E-state index < -0.39 is 23.5 Å². The van der Waals surface area contributed by atoms with E-state index in [0.29, 0.717) is 5.41 Å². The zero-order chi connectivity index (χ0) is 35.1. The second-order valence-corrected chi connectivity index (χ2v) is 11.5. The smallest absolute Gasteiger partial charge is 0.0253 e. The van der Waals surface area contributed by atoms with Crippen molar-refractivity contribution < 1.29 is 75.4 Å². The zero-order valence-corrected chi connectivity index (χ0v) is 31.7. The average molecular weight is 795 g/mol. The molecule has 0 amide bonds. The van der Waals surface area contributed by atoms with Crippen molar-refractivity contribution in [2.75, 3.05) is 0 Å². The third-order valence-electron chi connectivity index (χ3n) is 6.91. The van der Waals surface area contributed by atoms with Gasteiger partial charge in [0.2, 0.25) is 0 Å². The Hall–Kier alpha value is -2.86. The number of alkyl halides is 6. The first-order valence-corrected chi connectivity index (χ1v) is 16.7.